The van der Waals surface area contributed by atoms with Crippen LogP contribution in [0.3, 0.4) is 0 Å². The van der Waals surface area contributed by atoms with E-state index < -0.39 is 0 Å². The molecular weight excluding hydrogens is 354 g/mol. The molecule has 0 saturated carbocycles. The van der Waals surface area contributed by atoms with Crippen LogP contribution in [0.1, 0.15) is 0 Å². The molecule has 6 heteroatoms. The van der Waals surface area contributed by atoms with E-state index in [1.807, 2.05) is 30.5 Å². The molecule has 0 amide bonds. The van der Waals surface area contributed by atoms with Crippen molar-refractivity contribution in [3.8, 4) is 22.9 Å². The van der Waals surface area contributed by atoms with E-state index in [1.165, 1.54) is 4.90 Å². The fraction of sp³-hybridized carbons (Fsp3) is 0.0526. The molecule has 0 spiro atoms. The van der Waals surface area contributed by atoms with Gasteiger partial charge in [0, 0.05) is 21.5 Å². The summed E-state index contributed by atoms with van der Waals surface area (Å²) in [6.07, 6.45) is 3.88. The summed E-state index contributed by atoms with van der Waals surface area (Å²) >= 11 is 7.71. The van der Waals surface area contributed by atoms with E-state index in [2.05, 4.69) is 34.5 Å². The maximum Gasteiger partial charge on any atom is 0.237 e. The van der Waals surface area contributed by atoms with E-state index in [1.54, 1.807) is 34.5 Å². The van der Waals surface area contributed by atoms with E-state index in [-0.39, 0.29) is 0 Å². The third-order valence-electron chi connectivity index (χ3n) is 3.72. The summed E-state index contributed by atoms with van der Waals surface area (Å²) in [4.78, 5) is 5.62. The molecule has 0 saturated heterocycles. The molecular formula is C19H14ClN3OS. The minimum atomic E-state index is 0.482. The molecule has 0 aliphatic heterocycles. The van der Waals surface area contributed by atoms with Crippen molar-refractivity contribution in [2.24, 2.45) is 0 Å². The molecule has 25 heavy (non-hydrogen) atoms. The number of imidazole rings is 1. The van der Waals surface area contributed by atoms with E-state index in [0.29, 0.717) is 16.7 Å². The van der Waals surface area contributed by atoms with E-state index in [4.69, 9.17) is 16.3 Å². The van der Waals surface area contributed by atoms with Gasteiger partial charge in [0.1, 0.15) is 5.75 Å². The van der Waals surface area contributed by atoms with Crippen LogP contribution >= 0.6 is 23.4 Å². The Labute approximate surface area is 154 Å². The zero-order valence-corrected chi connectivity index (χ0v) is 15.0. The number of thioether (sulfide) groups is 1. The van der Waals surface area contributed by atoms with Gasteiger partial charge in [0.15, 0.2) is 5.65 Å². The molecule has 0 bridgehead atoms. The van der Waals surface area contributed by atoms with Crippen molar-refractivity contribution in [3.05, 3.63) is 71.9 Å². The van der Waals surface area contributed by atoms with Crippen LogP contribution in [0.2, 0.25) is 5.02 Å². The molecule has 0 fully saturated rings. The van der Waals surface area contributed by atoms with Gasteiger partial charge in [0.2, 0.25) is 5.88 Å². The first kappa shape index (κ1) is 16.0. The number of hydrogen-bond acceptors (Lipinski definition) is 4. The van der Waals surface area contributed by atoms with Crippen molar-refractivity contribution in [2.45, 2.75) is 4.90 Å². The summed E-state index contributed by atoms with van der Waals surface area (Å²) in [5.74, 6) is 1.13. The second-order valence-corrected chi connectivity index (χ2v) is 6.69. The number of nitrogens with zero attached hydrogens (tertiary/aromatic N) is 3. The van der Waals surface area contributed by atoms with Gasteiger partial charge in [-0.1, -0.05) is 29.8 Å². The maximum absolute atomic E-state index is 6.00. The molecule has 4 aromatic rings. The van der Waals surface area contributed by atoms with Gasteiger partial charge in [-0.05, 0) is 42.7 Å². The number of ether oxygens (including phenoxy) is 1. The summed E-state index contributed by atoms with van der Waals surface area (Å²) in [6, 6.07) is 19.2. The molecule has 2 heterocycles. The van der Waals surface area contributed by atoms with Gasteiger partial charge in [0.05, 0.1) is 11.9 Å². The van der Waals surface area contributed by atoms with Crippen LogP contribution in [0, 0.1) is 0 Å². The minimum absolute atomic E-state index is 0.482. The molecule has 2 aromatic carbocycles. The molecule has 0 aliphatic rings. The lowest BCUT2D eigenvalue weighted by atomic mass is 10.2. The van der Waals surface area contributed by atoms with Gasteiger partial charge in [-0.3, -0.25) is 0 Å². The normalized spacial score (nSPS) is 11.0. The highest BCUT2D eigenvalue weighted by Gasteiger charge is 2.09. The average molecular weight is 368 g/mol. The first-order valence-electron chi connectivity index (χ1n) is 7.65. The first-order chi connectivity index (χ1) is 12.2. The smallest absolute Gasteiger partial charge is 0.237 e. The van der Waals surface area contributed by atoms with Crippen LogP contribution in [-0.4, -0.2) is 20.9 Å². The van der Waals surface area contributed by atoms with Crippen LogP contribution in [-0.2, 0) is 0 Å². The van der Waals surface area contributed by atoms with Gasteiger partial charge in [0.25, 0.3) is 0 Å². The largest absolute Gasteiger partial charge is 0.438 e. The molecule has 4 nitrogen and oxygen atoms in total. The Hall–Kier alpha value is -2.50. The predicted molar refractivity (Wildman–Crippen MR) is 102 cm³/mol. The van der Waals surface area contributed by atoms with Crippen molar-refractivity contribution >= 4 is 29.0 Å². The number of hydrogen-bond donors (Lipinski definition) is 0. The molecule has 124 valence electrons. The molecule has 0 aliphatic carbocycles. The van der Waals surface area contributed by atoms with Crippen LogP contribution in [0.25, 0.3) is 16.9 Å². The van der Waals surface area contributed by atoms with Crippen molar-refractivity contribution in [1.29, 1.82) is 0 Å². The number of halogens is 1. The van der Waals surface area contributed by atoms with Crippen LogP contribution in [0.5, 0.6) is 11.6 Å². The first-order valence-corrected chi connectivity index (χ1v) is 9.26. The average Bonchev–Trinajstić information content (AvgIpc) is 3.05. The Kier molecular flexibility index (Phi) is 4.34. The lowest BCUT2D eigenvalue weighted by molar-refractivity contribution is 0.453. The number of rotatable bonds is 4. The maximum atomic E-state index is 6.00. The molecule has 0 unspecified atom stereocenters. The van der Waals surface area contributed by atoms with Crippen molar-refractivity contribution in [3.63, 3.8) is 0 Å². The van der Waals surface area contributed by atoms with E-state index in [0.717, 1.165) is 16.9 Å². The summed E-state index contributed by atoms with van der Waals surface area (Å²) in [6.45, 7) is 0. The predicted octanol–water partition coefficient (Wildman–Crippen LogP) is 5.56. The van der Waals surface area contributed by atoms with Gasteiger partial charge in [-0.25, -0.2) is 9.50 Å². The van der Waals surface area contributed by atoms with Crippen molar-refractivity contribution < 1.29 is 4.74 Å². The van der Waals surface area contributed by atoms with Crippen LogP contribution < -0.4 is 4.74 Å². The standard InChI is InChI=1S/C19H14ClN3OS/c1-25-16-7-2-4-13(10-16)17-12-21-18-8-9-19(22-23(17)18)24-15-6-3-5-14(20)11-15/h2-12H,1H3. The number of benzene rings is 2. The van der Waals surface area contributed by atoms with Gasteiger partial charge in [-0.15, -0.1) is 16.9 Å². The fourth-order valence-corrected chi connectivity index (χ4v) is 3.18. The Morgan fingerprint density at radius 1 is 1.04 bits per heavy atom. The molecule has 0 N–H and O–H groups in total. The Balaban J connectivity index is 1.74. The molecule has 0 atom stereocenters. The zero-order chi connectivity index (χ0) is 17.2. The van der Waals surface area contributed by atoms with Gasteiger partial charge < -0.3 is 4.74 Å². The summed E-state index contributed by atoms with van der Waals surface area (Å²) in [5.41, 5.74) is 2.75. The quantitative estimate of drug-likeness (QED) is 0.442. The van der Waals surface area contributed by atoms with Crippen molar-refractivity contribution in [1.82, 2.24) is 14.6 Å². The molecule has 4 rings (SSSR count). The Morgan fingerprint density at radius 2 is 1.92 bits per heavy atom. The van der Waals surface area contributed by atoms with Gasteiger partial charge in [-0.2, -0.15) is 0 Å². The van der Waals surface area contributed by atoms with Crippen LogP contribution in [0.15, 0.2) is 71.8 Å². The lowest BCUT2D eigenvalue weighted by Gasteiger charge is -2.07. The Bertz CT molecular complexity index is 1050. The second kappa shape index (κ2) is 6.78. The second-order valence-electron chi connectivity index (χ2n) is 5.38. The number of fused-ring (bicyclic) bond motifs is 1. The van der Waals surface area contributed by atoms with Gasteiger partial charge >= 0.3 is 0 Å². The highest BCUT2D eigenvalue weighted by atomic mass is 35.5. The minimum Gasteiger partial charge on any atom is -0.438 e. The third kappa shape index (κ3) is 3.34. The zero-order valence-electron chi connectivity index (χ0n) is 13.4. The summed E-state index contributed by atoms with van der Waals surface area (Å²) in [5, 5.41) is 5.20. The summed E-state index contributed by atoms with van der Waals surface area (Å²) in [7, 11) is 0. The Morgan fingerprint density at radius 3 is 2.76 bits per heavy atom. The highest BCUT2D eigenvalue weighted by molar-refractivity contribution is 7.98. The monoisotopic (exact) mass is 367 g/mol. The molecule has 2 aromatic heterocycles. The summed E-state index contributed by atoms with van der Waals surface area (Å²) < 4.78 is 7.62. The van der Waals surface area contributed by atoms with E-state index >= 15 is 0 Å². The lowest BCUT2D eigenvalue weighted by Crippen LogP contribution is -1.97. The fourth-order valence-electron chi connectivity index (χ4n) is 2.54. The van der Waals surface area contributed by atoms with E-state index in [9.17, 15) is 0 Å². The SMILES string of the molecule is CSc1cccc(-c2cnc3ccc(Oc4cccc(Cl)c4)nn23)c1. The molecule has 0 radical (unpaired) electrons. The third-order valence-corrected chi connectivity index (χ3v) is 4.68. The number of aromatic nitrogens is 3. The topological polar surface area (TPSA) is 39.4 Å². The van der Waals surface area contributed by atoms with Crippen LogP contribution in [0.4, 0.5) is 0 Å². The van der Waals surface area contributed by atoms with Crippen molar-refractivity contribution in [2.75, 3.05) is 6.26 Å². The highest BCUT2D eigenvalue weighted by Crippen LogP contribution is 2.27.